The average Bonchev–Trinajstić information content (AvgIpc) is 3.09. The number of hydrogen-bond donors (Lipinski definition) is 1. The maximum atomic E-state index is 10.8. The highest BCUT2D eigenvalue weighted by Crippen LogP contribution is 2.27. The highest BCUT2D eigenvalue weighted by Gasteiger charge is 2.14. The molecule has 0 amide bonds. The molecule has 0 radical (unpaired) electrons. The smallest absolute Gasteiger partial charge is 0.338 e. The van der Waals surface area contributed by atoms with Crippen molar-refractivity contribution in [3.8, 4) is 22.3 Å². The molecule has 3 aromatic heterocycles. The summed E-state index contributed by atoms with van der Waals surface area (Å²) in [4.78, 5) is 23.3. The van der Waals surface area contributed by atoms with Crippen LogP contribution in [0.1, 0.15) is 10.4 Å². The Kier molecular flexibility index (Phi) is 2.81. The number of nitrogens with zero attached hydrogens (tertiary/aromatic N) is 3. The van der Waals surface area contributed by atoms with E-state index in [1.54, 1.807) is 23.8 Å². The Bertz CT molecular complexity index is 721. The van der Waals surface area contributed by atoms with Gasteiger partial charge in [0, 0.05) is 23.8 Å². The second-order valence-corrected chi connectivity index (χ2v) is 4.47. The van der Waals surface area contributed by atoms with Crippen LogP contribution in [0.4, 0.5) is 0 Å². The monoisotopic (exact) mass is 273 g/mol. The molecule has 0 spiro atoms. The maximum Gasteiger partial charge on any atom is 0.338 e. The fourth-order valence-electron chi connectivity index (χ4n) is 1.48. The third-order valence-corrected chi connectivity index (χ3v) is 3.20. The predicted molar refractivity (Wildman–Crippen MR) is 67.8 cm³/mol. The van der Waals surface area contributed by atoms with Crippen LogP contribution in [0.3, 0.4) is 0 Å². The van der Waals surface area contributed by atoms with Crippen LogP contribution >= 0.6 is 11.3 Å². The second kappa shape index (κ2) is 4.62. The van der Waals surface area contributed by atoms with Gasteiger partial charge in [-0.3, -0.25) is 0 Å². The lowest BCUT2D eigenvalue weighted by molar-refractivity contribution is 0.0696. The predicted octanol–water partition coefficient (Wildman–Crippen LogP) is 2.56. The van der Waals surface area contributed by atoms with E-state index in [9.17, 15) is 4.79 Å². The van der Waals surface area contributed by atoms with E-state index >= 15 is 0 Å². The van der Waals surface area contributed by atoms with E-state index in [0.717, 1.165) is 0 Å². The van der Waals surface area contributed by atoms with E-state index in [1.165, 1.54) is 23.7 Å². The average molecular weight is 273 g/mol. The Balaban J connectivity index is 1.94. The molecule has 1 N–H and O–H groups in total. The van der Waals surface area contributed by atoms with E-state index < -0.39 is 5.97 Å². The summed E-state index contributed by atoms with van der Waals surface area (Å²) in [7, 11) is 0. The molecule has 0 saturated heterocycles. The van der Waals surface area contributed by atoms with Crippen molar-refractivity contribution in [2.75, 3.05) is 0 Å². The Labute approximate surface area is 111 Å². The number of carbonyl (C=O) groups is 1. The highest BCUT2D eigenvalue weighted by atomic mass is 32.1. The van der Waals surface area contributed by atoms with Gasteiger partial charge in [-0.05, 0) is 6.07 Å². The number of thiazole rings is 1. The normalized spacial score (nSPS) is 10.5. The molecule has 3 rings (SSSR count). The number of carboxylic acid groups (broad SMARTS) is 1. The summed E-state index contributed by atoms with van der Waals surface area (Å²) < 4.78 is 5.18. The maximum absolute atomic E-state index is 10.8. The van der Waals surface area contributed by atoms with Gasteiger partial charge in [-0.1, -0.05) is 0 Å². The molecule has 0 fully saturated rings. The molecule has 0 aliphatic carbocycles. The Morgan fingerprint density at radius 2 is 2.11 bits per heavy atom. The van der Waals surface area contributed by atoms with E-state index in [0.29, 0.717) is 22.3 Å². The summed E-state index contributed by atoms with van der Waals surface area (Å²) in [5, 5.41) is 11.3. The topological polar surface area (TPSA) is 89.1 Å². The Morgan fingerprint density at radius 1 is 1.32 bits per heavy atom. The van der Waals surface area contributed by atoms with Gasteiger partial charge < -0.3 is 9.52 Å². The van der Waals surface area contributed by atoms with Crippen molar-refractivity contribution in [1.29, 1.82) is 0 Å². The second-order valence-electron chi connectivity index (χ2n) is 3.62. The van der Waals surface area contributed by atoms with Gasteiger partial charge in [0.1, 0.15) is 12.0 Å². The van der Waals surface area contributed by atoms with Crippen molar-refractivity contribution in [1.82, 2.24) is 15.0 Å². The standard InChI is InChI=1S/C12H7N3O3S/c16-12(17)7-4-9(18-5-7)8-6-19-11(15-8)10-13-2-1-3-14-10/h1-6H,(H,16,17). The first-order valence-electron chi connectivity index (χ1n) is 5.29. The summed E-state index contributed by atoms with van der Waals surface area (Å²) >= 11 is 1.37. The van der Waals surface area contributed by atoms with Crippen molar-refractivity contribution >= 4 is 17.3 Å². The largest absolute Gasteiger partial charge is 0.478 e. The van der Waals surface area contributed by atoms with Crippen LogP contribution in [-0.4, -0.2) is 26.0 Å². The van der Waals surface area contributed by atoms with Gasteiger partial charge in [0.05, 0.1) is 5.56 Å². The SMILES string of the molecule is O=C(O)c1coc(-c2csc(-c3ncccn3)n2)c1. The van der Waals surface area contributed by atoms with Gasteiger partial charge in [0.15, 0.2) is 16.6 Å². The van der Waals surface area contributed by atoms with Gasteiger partial charge in [-0.25, -0.2) is 19.7 Å². The molecular formula is C12H7N3O3S. The first kappa shape index (κ1) is 11.5. The summed E-state index contributed by atoms with van der Waals surface area (Å²) in [6.07, 6.45) is 4.47. The van der Waals surface area contributed by atoms with Crippen molar-refractivity contribution in [2.24, 2.45) is 0 Å². The van der Waals surface area contributed by atoms with Crippen LogP contribution in [0.15, 0.2) is 40.6 Å². The van der Waals surface area contributed by atoms with Crippen LogP contribution in [0.5, 0.6) is 0 Å². The lowest BCUT2D eigenvalue weighted by atomic mass is 10.3. The van der Waals surface area contributed by atoms with Crippen LogP contribution in [-0.2, 0) is 0 Å². The molecule has 94 valence electrons. The zero-order valence-electron chi connectivity index (χ0n) is 9.48. The minimum Gasteiger partial charge on any atom is -0.478 e. The molecule has 0 aliphatic heterocycles. The van der Waals surface area contributed by atoms with E-state index in [-0.39, 0.29) is 5.56 Å². The van der Waals surface area contributed by atoms with Crippen LogP contribution < -0.4 is 0 Å². The molecule has 0 bridgehead atoms. The van der Waals surface area contributed by atoms with Gasteiger partial charge in [0.2, 0.25) is 0 Å². The first-order chi connectivity index (χ1) is 9.24. The molecule has 3 heterocycles. The van der Waals surface area contributed by atoms with E-state index in [2.05, 4.69) is 15.0 Å². The number of aromatic nitrogens is 3. The fourth-order valence-corrected chi connectivity index (χ4v) is 2.24. The third kappa shape index (κ3) is 2.23. The minimum absolute atomic E-state index is 0.0977. The molecule has 19 heavy (non-hydrogen) atoms. The van der Waals surface area contributed by atoms with Gasteiger partial charge in [-0.15, -0.1) is 11.3 Å². The van der Waals surface area contributed by atoms with E-state index in [1.807, 2.05) is 0 Å². The van der Waals surface area contributed by atoms with Gasteiger partial charge in [-0.2, -0.15) is 0 Å². The third-order valence-electron chi connectivity index (χ3n) is 2.36. The molecule has 7 heteroatoms. The van der Waals surface area contributed by atoms with Crippen molar-refractivity contribution in [3.63, 3.8) is 0 Å². The van der Waals surface area contributed by atoms with Crippen molar-refractivity contribution in [3.05, 3.63) is 41.7 Å². The number of rotatable bonds is 3. The molecule has 0 saturated carbocycles. The van der Waals surface area contributed by atoms with Crippen LogP contribution in [0.25, 0.3) is 22.3 Å². The zero-order valence-corrected chi connectivity index (χ0v) is 10.3. The van der Waals surface area contributed by atoms with Gasteiger partial charge in [0.25, 0.3) is 0 Å². The molecule has 0 aromatic carbocycles. The summed E-state index contributed by atoms with van der Waals surface area (Å²) in [5.74, 6) is -0.0866. The first-order valence-corrected chi connectivity index (χ1v) is 6.17. The van der Waals surface area contributed by atoms with Gasteiger partial charge >= 0.3 is 5.97 Å². The van der Waals surface area contributed by atoms with Crippen molar-refractivity contribution in [2.45, 2.75) is 0 Å². The molecule has 0 aliphatic rings. The molecule has 3 aromatic rings. The van der Waals surface area contributed by atoms with Crippen molar-refractivity contribution < 1.29 is 14.3 Å². The summed E-state index contributed by atoms with van der Waals surface area (Å²) in [5.41, 5.74) is 0.667. The number of hydrogen-bond acceptors (Lipinski definition) is 6. The number of furan rings is 1. The Morgan fingerprint density at radius 3 is 2.79 bits per heavy atom. The lowest BCUT2D eigenvalue weighted by Crippen LogP contribution is -1.91. The molecular weight excluding hydrogens is 266 g/mol. The minimum atomic E-state index is -1.03. The summed E-state index contributed by atoms with van der Waals surface area (Å²) in [6, 6.07) is 3.16. The zero-order chi connectivity index (χ0) is 13.2. The van der Waals surface area contributed by atoms with E-state index in [4.69, 9.17) is 9.52 Å². The van der Waals surface area contributed by atoms with Crippen LogP contribution in [0, 0.1) is 0 Å². The van der Waals surface area contributed by atoms with Crippen LogP contribution in [0.2, 0.25) is 0 Å². The summed E-state index contributed by atoms with van der Waals surface area (Å²) in [6.45, 7) is 0. The molecule has 6 nitrogen and oxygen atoms in total. The fraction of sp³-hybridized carbons (Fsp3) is 0. The highest BCUT2D eigenvalue weighted by molar-refractivity contribution is 7.13. The molecule has 0 unspecified atom stereocenters. The Hall–Kier alpha value is -2.54. The number of aromatic carboxylic acids is 1. The number of carboxylic acids is 1. The molecule has 0 atom stereocenters. The quantitative estimate of drug-likeness (QED) is 0.788. The lowest BCUT2D eigenvalue weighted by Gasteiger charge is -1.91.